The van der Waals surface area contributed by atoms with Gasteiger partial charge in [0.05, 0.1) is 25.6 Å². The Morgan fingerprint density at radius 1 is 1.02 bits per heavy atom. The summed E-state index contributed by atoms with van der Waals surface area (Å²) < 4.78 is 66.1. The molecule has 0 saturated carbocycles. The lowest BCUT2D eigenvalue weighted by Crippen LogP contribution is -2.40. The fraction of sp³-hybridized carbons (Fsp3) is 0.441. The molecule has 1 saturated heterocycles. The number of nitrogen functional groups attached to an aromatic ring is 2. The first-order valence-corrected chi connectivity index (χ1v) is 18.1. The van der Waals surface area contributed by atoms with Crippen molar-refractivity contribution >= 4 is 42.7 Å². The second-order valence-corrected chi connectivity index (χ2v) is 13.9. The number of ether oxygens (including phenoxy) is 3. The molecule has 1 fully saturated rings. The third-order valence-corrected chi connectivity index (χ3v) is 9.37. The number of carbonyl (C=O) groups excluding carboxylic acids is 2. The van der Waals surface area contributed by atoms with Crippen molar-refractivity contribution in [1.29, 1.82) is 0 Å². The van der Waals surface area contributed by atoms with E-state index in [-0.39, 0.29) is 72.8 Å². The summed E-state index contributed by atoms with van der Waals surface area (Å²) in [7, 11) is -4.72. The van der Waals surface area contributed by atoms with Crippen LogP contribution < -0.4 is 20.5 Å². The molecule has 16 nitrogen and oxygen atoms in total. The second kappa shape index (κ2) is 16.2. The molecular weight excluding hydrogens is 702 g/mol. The molecule has 0 radical (unpaired) electrons. The number of nitrogens with zero attached hydrogens (tertiary/aromatic N) is 4. The van der Waals surface area contributed by atoms with Gasteiger partial charge in [0.15, 0.2) is 23.4 Å². The number of aliphatic hydroxyl groups excluding tert-OH is 1. The number of aryl methyl sites for hydroxylation is 2. The molecule has 0 bridgehead atoms. The topological polar surface area (TPSA) is 222 Å². The summed E-state index contributed by atoms with van der Waals surface area (Å²) in [5.74, 6) is -0.927. The molecule has 5 atom stereocenters. The number of fused-ring (bicyclic) bond motifs is 1. The van der Waals surface area contributed by atoms with Gasteiger partial charge in [0.1, 0.15) is 29.2 Å². The van der Waals surface area contributed by atoms with E-state index in [4.69, 9.17) is 39.2 Å². The van der Waals surface area contributed by atoms with Crippen LogP contribution in [0, 0.1) is 0 Å². The molecule has 5 N–H and O–H groups in total. The molecule has 18 heteroatoms. The number of imidazole rings is 1. The van der Waals surface area contributed by atoms with Gasteiger partial charge in [0, 0.05) is 12.8 Å². The van der Waals surface area contributed by atoms with Crippen LogP contribution in [0.1, 0.15) is 57.9 Å². The Labute approximate surface area is 299 Å². The predicted octanol–water partition coefficient (Wildman–Crippen LogP) is 4.64. The number of phosphoric ester groups is 1. The van der Waals surface area contributed by atoms with Gasteiger partial charge in [-0.05, 0) is 63.8 Å². The summed E-state index contributed by atoms with van der Waals surface area (Å²) in [5, 5.41) is 11.1. The first-order chi connectivity index (χ1) is 24.7. The molecule has 1 aliphatic heterocycles. The number of hydrogen-bond donors (Lipinski definition) is 3. The van der Waals surface area contributed by atoms with Crippen LogP contribution in [0.5, 0.6) is 11.5 Å². The maximum absolute atomic E-state index is 16.3. The van der Waals surface area contributed by atoms with Crippen molar-refractivity contribution in [1.82, 2.24) is 19.5 Å². The molecule has 280 valence electrons. The summed E-state index contributed by atoms with van der Waals surface area (Å²) in [6, 6.07) is 13.1. The van der Waals surface area contributed by atoms with Crippen LogP contribution in [-0.4, -0.2) is 73.8 Å². The van der Waals surface area contributed by atoms with Crippen molar-refractivity contribution in [2.45, 2.75) is 83.6 Å². The van der Waals surface area contributed by atoms with E-state index in [0.717, 1.165) is 6.92 Å². The second-order valence-electron chi connectivity index (χ2n) is 12.4. The largest absolute Gasteiger partial charge is 0.587 e. The zero-order valence-electron chi connectivity index (χ0n) is 29.1. The lowest BCUT2D eigenvalue weighted by atomic mass is 9.98. The van der Waals surface area contributed by atoms with Crippen LogP contribution in [-0.2, 0) is 45.7 Å². The standard InChI is InChI=1S/C34H42FN6O10P/c1-5-46-26(42)16-14-21-10-6-8-12-23(21)50-52(45,51-24-13-9-7-11-22(24)15-17-27(43)48-20(2)3)47-18-25-29(44)34(4,35)32(49-25)41-19-38-28-30(36)39-33(37)40-31(28)41/h6-13,19-20,25,29,32,44H,5,14-18H2,1-4H3,(H4,36,37,39,40)/t25-,29+,32-,34+,52?/m1/s1. The van der Waals surface area contributed by atoms with Crippen molar-refractivity contribution in [2.24, 2.45) is 0 Å². The molecule has 1 aliphatic rings. The number of aromatic nitrogens is 4. The maximum atomic E-state index is 16.3. The molecule has 4 aromatic rings. The third kappa shape index (κ3) is 8.96. The zero-order valence-corrected chi connectivity index (χ0v) is 30.0. The fourth-order valence-electron chi connectivity index (χ4n) is 5.58. The molecule has 2 aromatic carbocycles. The number of esters is 2. The SMILES string of the molecule is CCOC(=O)CCc1ccccc1OP(=O)(OC[C@H]1O[C@@H](n2cnc3c(N)nc(N)nc32)[C@@](C)(F)[C@H]1O)Oc1ccccc1CCC(=O)OC(C)C. The van der Waals surface area contributed by atoms with E-state index in [1.807, 2.05) is 0 Å². The van der Waals surface area contributed by atoms with Gasteiger partial charge >= 0.3 is 19.8 Å². The van der Waals surface area contributed by atoms with Gasteiger partial charge in [-0.1, -0.05) is 36.4 Å². The zero-order chi connectivity index (χ0) is 37.6. The Morgan fingerprint density at radius 2 is 1.62 bits per heavy atom. The van der Waals surface area contributed by atoms with E-state index in [9.17, 15) is 19.3 Å². The Balaban J connectivity index is 1.42. The average molecular weight is 745 g/mol. The van der Waals surface area contributed by atoms with E-state index in [1.54, 1.807) is 57.2 Å². The first-order valence-electron chi connectivity index (χ1n) is 16.6. The fourth-order valence-corrected chi connectivity index (χ4v) is 6.89. The van der Waals surface area contributed by atoms with Crippen LogP contribution >= 0.6 is 7.82 Å². The highest BCUT2D eigenvalue weighted by Gasteiger charge is 2.56. The number of aliphatic hydroxyl groups is 1. The highest BCUT2D eigenvalue weighted by Crippen LogP contribution is 2.52. The average Bonchev–Trinajstić information content (AvgIpc) is 3.59. The van der Waals surface area contributed by atoms with Gasteiger partial charge in [-0.25, -0.2) is 13.9 Å². The van der Waals surface area contributed by atoms with Crippen LogP contribution in [0.15, 0.2) is 54.9 Å². The number of phosphoric acid groups is 1. The summed E-state index contributed by atoms with van der Waals surface area (Å²) >= 11 is 0. The van der Waals surface area contributed by atoms with Crippen LogP contribution in [0.25, 0.3) is 11.2 Å². The summed E-state index contributed by atoms with van der Waals surface area (Å²) in [6.07, 6.45) is -3.43. The highest BCUT2D eigenvalue weighted by atomic mass is 31.2. The first kappa shape index (κ1) is 38.4. The highest BCUT2D eigenvalue weighted by molar-refractivity contribution is 7.49. The van der Waals surface area contributed by atoms with Gasteiger partial charge in [-0.3, -0.25) is 18.7 Å². The Morgan fingerprint density at radius 3 is 2.21 bits per heavy atom. The number of benzene rings is 2. The van der Waals surface area contributed by atoms with Gasteiger partial charge in [0.25, 0.3) is 0 Å². The van der Waals surface area contributed by atoms with Gasteiger partial charge < -0.3 is 39.8 Å². The predicted molar refractivity (Wildman–Crippen MR) is 186 cm³/mol. The molecular formula is C34H42FN6O10P. The monoisotopic (exact) mass is 744 g/mol. The van der Waals surface area contributed by atoms with E-state index in [1.165, 1.54) is 23.0 Å². The minimum atomic E-state index is -4.72. The number of halogens is 1. The van der Waals surface area contributed by atoms with E-state index < -0.39 is 50.5 Å². The molecule has 2 aromatic heterocycles. The van der Waals surface area contributed by atoms with Crippen LogP contribution in [0.3, 0.4) is 0 Å². The summed E-state index contributed by atoms with van der Waals surface area (Å²) in [5.41, 5.74) is 10.4. The maximum Gasteiger partial charge on any atom is 0.587 e. The van der Waals surface area contributed by atoms with Crippen molar-refractivity contribution in [3.8, 4) is 11.5 Å². The minimum Gasteiger partial charge on any atom is -0.466 e. The normalized spacial score (nSPS) is 21.2. The van der Waals surface area contributed by atoms with E-state index in [0.29, 0.717) is 11.1 Å². The number of para-hydroxylation sites is 2. The number of rotatable bonds is 16. The van der Waals surface area contributed by atoms with Crippen LogP contribution in [0.4, 0.5) is 16.2 Å². The summed E-state index contributed by atoms with van der Waals surface area (Å²) in [4.78, 5) is 36.6. The van der Waals surface area contributed by atoms with Crippen LogP contribution in [0.2, 0.25) is 0 Å². The van der Waals surface area contributed by atoms with Gasteiger partial charge in [-0.2, -0.15) is 9.97 Å². The van der Waals surface area contributed by atoms with Gasteiger partial charge in [0.2, 0.25) is 5.95 Å². The van der Waals surface area contributed by atoms with Crippen molar-refractivity contribution < 1.29 is 51.4 Å². The molecule has 1 unspecified atom stereocenters. The third-order valence-electron chi connectivity index (χ3n) is 8.07. The van der Waals surface area contributed by atoms with E-state index >= 15 is 4.39 Å². The molecule has 3 heterocycles. The molecule has 0 aliphatic carbocycles. The number of anilines is 2. The van der Waals surface area contributed by atoms with E-state index in [2.05, 4.69) is 15.0 Å². The van der Waals surface area contributed by atoms with Crippen molar-refractivity contribution in [2.75, 3.05) is 24.7 Å². The smallest absolute Gasteiger partial charge is 0.466 e. The Bertz CT molecular complexity index is 1940. The number of alkyl halides is 1. The number of carbonyl (C=O) groups is 2. The van der Waals surface area contributed by atoms with Crippen molar-refractivity contribution in [3.05, 3.63) is 66.0 Å². The molecule has 0 amide bonds. The van der Waals surface area contributed by atoms with Crippen molar-refractivity contribution in [3.63, 3.8) is 0 Å². The minimum absolute atomic E-state index is 0.00495. The molecule has 0 spiro atoms. The summed E-state index contributed by atoms with van der Waals surface area (Å²) in [6.45, 7) is 5.83. The molecule has 5 rings (SSSR count). The quantitative estimate of drug-likeness (QED) is 0.105. The Hall–Kier alpha value is -4.83. The number of nitrogens with two attached hydrogens (primary N) is 2. The lowest BCUT2D eigenvalue weighted by Gasteiger charge is -2.25. The number of hydrogen-bond acceptors (Lipinski definition) is 15. The Kier molecular flexibility index (Phi) is 12.0. The molecule has 52 heavy (non-hydrogen) atoms. The van der Waals surface area contributed by atoms with Gasteiger partial charge in [-0.15, -0.1) is 0 Å². The lowest BCUT2D eigenvalue weighted by molar-refractivity contribution is -0.147.